The van der Waals surface area contributed by atoms with Crippen LogP contribution >= 0.6 is 0 Å². The van der Waals surface area contributed by atoms with Crippen molar-refractivity contribution >= 4 is 12.1 Å². The summed E-state index contributed by atoms with van der Waals surface area (Å²) in [6.07, 6.45) is -0.129. The first-order valence-corrected chi connectivity index (χ1v) is 9.92. The van der Waals surface area contributed by atoms with Crippen molar-refractivity contribution in [3.8, 4) is 5.75 Å². The van der Waals surface area contributed by atoms with Crippen LogP contribution < -0.4 is 10.5 Å². The van der Waals surface area contributed by atoms with Crippen molar-refractivity contribution in [2.45, 2.75) is 77.7 Å². The van der Waals surface area contributed by atoms with Gasteiger partial charge in [-0.25, -0.2) is 9.59 Å². The minimum atomic E-state index is -0.732. The highest BCUT2D eigenvalue weighted by Crippen LogP contribution is 2.25. The summed E-state index contributed by atoms with van der Waals surface area (Å²) in [7, 11) is 0. The quantitative estimate of drug-likeness (QED) is 0.771. The molecule has 1 fully saturated rings. The van der Waals surface area contributed by atoms with Crippen molar-refractivity contribution in [1.29, 1.82) is 0 Å². The van der Waals surface area contributed by atoms with E-state index < -0.39 is 30.5 Å². The molecule has 28 heavy (non-hydrogen) atoms. The predicted molar refractivity (Wildman–Crippen MR) is 103 cm³/mol. The Hall–Kier alpha value is -2.28. The zero-order valence-electron chi connectivity index (χ0n) is 17.2. The number of cyclic esters (lactones) is 1. The van der Waals surface area contributed by atoms with E-state index in [1.807, 2.05) is 39.0 Å². The van der Waals surface area contributed by atoms with Crippen molar-refractivity contribution < 1.29 is 34.3 Å². The summed E-state index contributed by atoms with van der Waals surface area (Å²) in [6.45, 7) is 7.91. The van der Waals surface area contributed by atoms with Crippen LogP contribution in [0.25, 0.3) is 0 Å². The van der Waals surface area contributed by atoms with Gasteiger partial charge in [0, 0.05) is 6.42 Å². The highest BCUT2D eigenvalue weighted by Gasteiger charge is 2.38. The Bertz CT molecular complexity index is 657. The van der Waals surface area contributed by atoms with E-state index in [2.05, 4.69) is 5.73 Å². The largest absolute Gasteiger partial charge is 0.508 e. The van der Waals surface area contributed by atoms with Crippen LogP contribution in [0.2, 0.25) is 0 Å². The van der Waals surface area contributed by atoms with Crippen LogP contribution in [0.1, 0.15) is 50.7 Å². The Morgan fingerprint density at radius 2 is 1.89 bits per heavy atom. The lowest BCUT2D eigenvalue weighted by Gasteiger charge is -2.30. The van der Waals surface area contributed by atoms with E-state index in [0.717, 1.165) is 11.1 Å². The van der Waals surface area contributed by atoms with Crippen LogP contribution in [0.15, 0.2) is 18.2 Å². The van der Waals surface area contributed by atoms with Gasteiger partial charge in [-0.2, -0.15) is 0 Å². The number of ether oxygens (including phenoxy) is 4. The van der Waals surface area contributed by atoms with E-state index >= 15 is 0 Å². The third kappa shape index (κ3) is 6.41. The topological polar surface area (TPSA) is 98.7 Å². The fourth-order valence-corrected chi connectivity index (χ4v) is 3.30. The zero-order chi connectivity index (χ0) is 20.7. The molecule has 0 radical (unpaired) electrons. The van der Waals surface area contributed by atoms with Crippen LogP contribution in [-0.2, 0) is 19.0 Å². The van der Waals surface area contributed by atoms with Gasteiger partial charge < -0.3 is 24.7 Å². The number of esters is 1. The molecular formula is C21H32NO6+. The average molecular weight is 394 g/mol. The molecule has 0 saturated carbocycles. The summed E-state index contributed by atoms with van der Waals surface area (Å²) in [4.78, 5) is 24.3. The molecule has 0 aliphatic carbocycles. The Balaban J connectivity index is 2.26. The summed E-state index contributed by atoms with van der Waals surface area (Å²) in [5, 5.41) is 0. The minimum Gasteiger partial charge on any atom is -0.483 e. The highest BCUT2D eigenvalue weighted by molar-refractivity contribution is 5.74. The first-order chi connectivity index (χ1) is 13.3. The first kappa shape index (κ1) is 22.0. The van der Waals surface area contributed by atoms with Crippen molar-refractivity contribution in [2.75, 3.05) is 6.61 Å². The molecule has 7 nitrogen and oxygen atoms in total. The van der Waals surface area contributed by atoms with Gasteiger partial charge in [-0.15, -0.1) is 0 Å². The van der Waals surface area contributed by atoms with Gasteiger partial charge in [-0.3, -0.25) is 0 Å². The minimum absolute atomic E-state index is 0.291. The van der Waals surface area contributed by atoms with Crippen molar-refractivity contribution in [3.05, 3.63) is 29.3 Å². The van der Waals surface area contributed by atoms with Crippen LogP contribution in [0, 0.1) is 13.8 Å². The van der Waals surface area contributed by atoms with Gasteiger partial charge in [0.2, 0.25) is 0 Å². The average Bonchev–Trinajstić information content (AvgIpc) is 2.66. The molecule has 4 atom stereocenters. The molecule has 0 bridgehead atoms. The zero-order valence-corrected chi connectivity index (χ0v) is 17.2. The molecule has 156 valence electrons. The van der Waals surface area contributed by atoms with Gasteiger partial charge in [-0.1, -0.05) is 13.0 Å². The van der Waals surface area contributed by atoms with Crippen molar-refractivity contribution in [3.63, 3.8) is 0 Å². The van der Waals surface area contributed by atoms with Gasteiger partial charge in [0.1, 0.15) is 18.0 Å². The molecule has 1 aliphatic rings. The summed E-state index contributed by atoms with van der Waals surface area (Å²) in [5.74, 6) is 0.280. The number of carbonyl (C=O) groups is 2. The van der Waals surface area contributed by atoms with Gasteiger partial charge in [0.15, 0.2) is 12.1 Å². The second kappa shape index (κ2) is 10.3. The van der Waals surface area contributed by atoms with E-state index in [1.165, 1.54) is 0 Å². The monoisotopic (exact) mass is 394 g/mol. The van der Waals surface area contributed by atoms with E-state index in [0.29, 0.717) is 38.0 Å². The first-order valence-electron chi connectivity index (χ1n) is 9.92. The molecule has 1 saturated heterocycles. The Morgan fingerprint density at radius 3 is 2.54 bits per heavy atom. The Morgan fingerprint density at radius 1 is 1.21 bits per heavy atom. The molecule has 0 spiro atoms. The van der Waals surface area contributed by atoms with E-state index in [1.54, 1.807) is 6.92 Å². The predicted octanol–water partition coefficient (Wildman–Crippen LogP) is 2.71. The second-order valence-corrected chi connectivity index (χ2v) is 7.43. The molecule has 0 aromatic heterocycles. The smallest absolute Gasteiger partial charge is 0.483 e. The van der Waals surface area contributed by atoms with Crippen LogP contribution in [0.5, 0.6) is 5.75 Å². The fraction of sp³-hybridized carbons (Fsp3) is 0.619. The summed E-state index contributed by atoms with van der Waals surface area (Å²) >= 11 is 0. The molecule has 3 N–H and O–H groups in total. The van der Waals surface area contributed by atoms with Crippen LogP contribution in [-0.4, -0.2) is 43.1 Å². The molecule has 1 aromatic carbocycles. The molecule has 0 unspecified atom stereocenters. The fourth-order valence-electron chi connectivity index (χ4n) is 3.30. The third-order valence-corrected chi connectivity index (χ3v) is 4.64. The van der Waals surface area contributed by atoms with E-state index in [9.17, 15) is 9.59 Å². The highest BCUT2D eigenvalue weighted by atomic mass is 16.7. The third-order valence-electron chi connectivity index (χ3n) is 4.64. The molecule has 2 rings (SSSR count). The number of rotatable bonds is 5. The number of carbonyl (C=O) groups excluding carboxylic acids is 2. The van der Waals surface area contributed by atoms with Crippen LogP contribution in [0.4, 0.5) is 4.79 Å². The maximum absolute atomic E-state index is 12.2. The lowest BCUT2D eigenvalue weighted by molar-refractivity contribution is -0.410. The number of aryl methyl sites for hydroxylation is 2. The maximum atomic E-state index is 12.2. The molecule has 1 heterocycles. The van der Waals surface area contributed by atoms with Gasteiger partial charge >= 0.3 is 12.1 Å². The number of hydrogen-bond acceptors (Lipinski definition) is 6. The summed E-state index contributed by atoms with van der Waals surface area (Å²) in [6, 6.07) is 5.41. The molecule has 1 aromatic rings. The summed E-state index contributed by atoms with van der Waals surface area (Å²) < 4.78 is 22.4. The molecular weight excluding hydrogens is 362 g/mol. The van der Waals surface area contributed by atoms with Gasteiger partial charge in [0.25, 0.3) is 0 Å². The lowest BCUT2D eigenvalue weighted by atomic mass is 10.0. The SMILES string of the molecule is CCCOC(=O)O[C@H]1CCC[C@H]([NH3+])C(=O)O[C@@H](C)[C@@H]1Oc1cc(C)cc(C)c1. The number of quaternary nitrogens is 1. The molecule has 7 heteroatoms. The van der Waals surface area contributed by atoms with Crippen LogP contribution in [0.3, 0.4) is 0 Å². The Kier molecular flexibility index (Phi) is 8.11. The standard InChI is InChI=1S/C21H31NO6/c1-5-9-25-21(24)28-18-8-6-7-17(22)20(23)26-15(4)19(18)27-16-11-13(2)10-14(3)12-16/h10-12,15,17-19H,5-9,22H2,1-4H3/p+1/t15-,17-,18-,19-/m0/s1. The lowest BCUT2D eigenvalue weighted by Crippen LogP contribution is -2.65. The molecule has 1 aliphatic heterocycles. The number of benzene rings is 1. The second-order valence-electron chi connectivity index (χ2n) is 7.43. The Labute approximate surface area is 166 Å². The van der Waals surface area contributed by atoms with E-state index in [4.69, 9.17) is 18.9 Å². The van der Waals surface area contributed by atoms with Gasteiger partial charge in [0.05, 0.1) is 6.61 Å². The number of hydrogen-bond donors (Lipinski definition) is 1. The van der Waals surface area contributed by atoms with Gasteiger partial charge in [-0.05, 0) is 63.3 Å². The van der Waals surface area contributed by atoms with Crippen molar-refractivity contribution in [1.82, 2.24) is 0 Å². The van der Waals surface area contributed by atoms with E-state index in [-0.39, 0.29) is 5.97 Å². The van der Waals surface area contributed by atoms with Crippen molar-refractivity contribution in [2.24, 2.45) is 0 Å². The maximum Gasteiger partial charge on any atom is 0.508 e. The normalized spacial score (nSPS) is 25.7. The molecule has 0 amide bonds. The summed E-state index contributed by atoms with van der Waals surface area (Å²) in [5.41, 5.74) is 5.98.